The number of benzene rings is 2. The van der Waals surface area contributed by atoms with E-state index in [2.05, 4.69) is 10.6 Å². The van der Waals surface area contributed by atoms with Gasteiger partial charge in [-0.1, -0.05) is 17.7 Å². The predicted molar refractivity (Wildman–Crippen MR) is 110 cm³/mol. The monoisotopic (exact) mass is 406 g/mol. The second-order valence-corrected chi connectivity index (χ2v) is 6.17. The number of nitrogens with one attached hydrogen (secondary N) is 2. The molecular weight excluding hydrogens is 388 g/mol. The lowest BCUT2D eigenvalue weighted by Crippen LogP contribution is -2.20. The lowest BCUT2D eigenvalue weighted by molar-refractivity contribution is 0.0525. The van der Waals surface area contributed by atoms with Gasteiger partial charge in [0.15, 0.2) is 5.11 Å². The van der Waals surface area contributed by atoms with E-state index in [1.165, 1.54) is 6.07 Å². The third-order valence-electron chi connectivity index (χ3n) is 3.30. The van der Waals surface area contributed by atoms with Crippen LogP contribution < -0.4 is 10.6 Å². The molecule has 0 atom stereocenters. The first-order valence-corrected chi connectivity index (χ1v) is 9.04. The third-order valence-corrected chi connectivity index (χ3v) is 3.73. The van der Waals surface area contributed by atoms with E-state index in [1.54, 1.807) is 50.2 Å². The fourth-order valence-electron chi connectivity index (χ4n) is 2.22. The number of hydrogen-bond donors (Lipinski definition) is 2. The molecule has 6 nitrogen and oxygen atoms in total. The number of carbonyl (C=O) groups is 2. The van der Waals surface area contributed by atoms with Gasteiger partial charge in [-0.25, -0.2) is 9.59 Å². The van der Waals surface area contributed by atoms with Gasteiger partial charge >= 0.3 is 11.9 Å². The zero-order valence-electron chi connectivity index (χ0n) is 14.9. The van der Waals surface area contributed by atoms with Crippen molar-refractivity contribution >= 4 is 52.2 Å². The molecule has 2 aromatic rings. The molecule has 0 amide bonds. The maximum atomic E-state index is 12.1. The molecule has 142 valence electrons. The highest BCUT2D eigenvalue weighted by Crippen LogP contribution is 2.19. The summed E-state index contributed by atoms with van der Waals surface area (Å²) >= 11 is 11.2. The van der Waals surface area contributed by atoms with E-state index >= 15 is 0 Å². The summed E-state index contributed by atoms with van der Waals surface area (Å²) in [4.78, 5) is 24.2. The molecule has 0 heterocycles. The number of rotatable bonds is 6. The van der Waals surface area contributed by atoms with Crippen LogP contribution in [0.15, 0.2) is 42.5 Å². The van der Waals surface area contributed by atoms with Crippen molar-refractivity contribution in [2.75, 3.05) is 23.8 Å². The molecule has 0 saturated heterocycles. The second-order valence-electron chi connectivity index (χ2n) is 5.33. The standard InChI is InChI=1S/C19H19ClN2O4S/c1-3-25-17(23)12-8-13(18(24)26-4-2)10-16(9-12)22-19(27)21-15-7-5-6-14(20)11-15/h5-11H,3-4H2,1-2H3,(H2,21,22,27). The van der Waals surface area contributed by atoms with Crippen LogP contribution in [0.5, 0.6) is 0 Å². The second kappa shape index (κ2) is 9.89. The van der Waals surface area contributed by atoms with Crippen molar-refractivity contribution in [1.29, 1.82) is 0 Å². The average molecular weight is 407 g/mol. The molecule has 2 rings (SSSR count). The summed E-state index contributed by atoms with van der Waals surface area (Å²) in [5.41, 5.74) is 1.58. The summed E-state index contributed by atoms with van der Waals surface area (Å²) in [6.45, 7) is 3.85. The molecule has 0 unspecified atom stereocenters. The molecule has 0 aromatic heterocycles. The van der Waals surface area contributed by atoms with E-state index in [9.17, 15) is 9.59 Å². The SMILES string of the molecule is CCOC(=O)c1cc(NC(=S)Nc2cccc(Cl)c2)cc(C(=O)OCC)c1. The van der Waals surface area contributed by atoms with Gasteiger partial charge in [-0.05, 0) is 62.5 Å². The Bertz CT molecular complexity index is 821. The van der Waals surface area contributed by atoms with Crippen molar-refractivity contribution in [1.82, 2.24) is 0 Å². The van der Waals surface area contributed by atoms with Gasteiger partial charge in [-0.3, -0.25) is 0 Å². The largest absolute Gasteiger partial charge is 0.462 e. The normalized spacial score (nSPS) is 10.0. The first kappa shape index (κ1) is 20.7. The Labute approximate surface area is 167 Å². The van der Waals surface area contributed by atoms with Crippen LogP contribution in [0.2, 0.25) is 5.02 Å². The van der Waals surface area contributed by atoms with Crippen molar-refractivity contribution in [2.45, 2.75) is 13.8 Å². The maximum Gasteiger partial charge on any atom is 0.338 e. The molecule has 0 aliphatic heterocycles. The number of ether oxygens (including phenoxy) is 2. The van der Waals surface area contributed by atoms with Crippen LogP contribution in [-0.4, -0.2) is 30.3 Å². The molecule has 8 heteroatoms. The number of hydrogen-bond acceptors (Lipinski definition) is 5. The Balaban J connectivity index is 2.24. The summed E-state index contributed by atoms with van der Waals surface area (Å²) in [5, 5.41) is 6.77. The summed E-state index contributed by atoms with van der Waals surface area (Å²) in [7, 11) is 0. The molecule has 0 radical (unpaired) electrons. The first-order chi connectivity index (χ1) is 12.9. The zero-order valence-corrected chi connectivity index (χ0v) is 16.4. The maximum absolute atomic E-state index is 12.1. The molecule has 2 N–H and O–H groups in total. The van der Waals surface area contributed by atoms with E-state index in [0.717, 1.165) is 0 Å². The average Bonchev–Trinajstić information content (AvgIpc) is 2.61. The van der Waals surface area contributed by atoms with Crippen LogP contribution in [-0.2, 0) is 9.47 Å². The van der Waals surface area contributed by atoms with Crippen LogP contribution in [0.25, 0.3) is 0 Å². The van der Waals surface area contributed by atoms with Gasteiger partial charge in [0.25, 0.3) is 0 Å². The van der Waals surface area contributed by atoms with Gasteiger partial charge in [-0.2, -0.15) is 0 Å². The minimum atomic E-state index is -0.541. The van der Waals surface area contributed by atoms with E-state index < -0.39 is 11.9 Å². The van der Waals surface area contributed by atoms with Crippen LogP contribution in [0, 0.1) is 0 Å². The van der Waals surface area contributed by atoms with Crippen molar-refractivity contribution in [3.63, 3.8) is 0 Å². The number of esters is 2. The van der Waals surface area contributed by atoms with Gasteiger partial charge in [0.05, 0.1) is 24.3 Å². The Morgan fingerprint density at radius 1 is 0.926 bits per heavy atom. The number of carbonyl (C=O) groups excluding carboxylic acids is 2. The van der Waals surface area contributed by atoms with Gasteiger partial charge in [0.2, 0.25) is 0 Å². The van der Waals surface area contributed by atoms with Crippen LogP contribution in [0.4, 0.5) is 11.4 Å². The lowest BCUT2D eigenvalue weighted by atomic mass is 10.1. The van der Waals surface area contributed by atoms with Gasteiger partial charge in [-0.15, -0.1) is 0 Å². The topological polar surface area (TPSA) is 76.7 Å². The van der Waals surface area contributed by atoms with Crippen LogP contribution in [0.1, 0.15) is 34.6 Å². The van der Waals surface area contributed by atoms with Crippen molar-refractivity contribution in [3.05, 3.63) is 58.6 Å². The molecule has 0 aliphatic rings. The molecule has 2 aromatic carbocycles. The highest BCUT2D eigenvalue weighted by molar-refractivity contribution is 7.80. The molecular formula is C19H19ClN2O4S. The fraction of sp³-hybridized carbons (Fsp3) is 0.211. The quantitative estimate of drug-likeness (QED) is 0.540. The van der Waals surface area contributed by atoms with E-state index in [0.29, 0.717) is 16.4 Å². The summed E-state index contributed by atoms with van der Waals surface area (Å²) in [6, 6.07) is 11.6. The minimum Gasteiger partial charge on any atom is -0.462 e. The van der Waals surface area contributed by atoms with Gasteiger partial charge < -0.3 is 20.1 Å². The number of halogens is 1. The first-order valence-electron chi connectivity index (χ1n) is 8.25. The van der Waals surface area contributed by atoms with E-state index in [1.807, 2.05) is 0 Å². The van der Waals surface area contributed by atoms with Crippen molar-refractivity contribution < 1.29 is 19.1 Å². The van der Waals surface area contributed by atoms with Crippen molar-refractivity contribution in [2.24, 2.45) is 0 Å². The Kier molecular flexibility index (Phi) is 7.57. The lowest BCUT2D eigenvalue weighted by Gasteiger charge is -2.13. The molecule has 0 bridgehead atoms. The van der Waals surface area contributed by atoms with E-state index in [-0.39, 0.29) is 29.5 Å². The highest BCUT2D eigenvalue weighted by atomic mass is 35.5. The fourth-order valence-corrected chi connectivity index (χ4v) is 2.65. The molecule has 0 fully saturated rings. The smallest absolute Gasteiger partial charge is 0.338 e. The zero-order chi connectivity index (χ0) is 19.8. The number of anilines is 2. The summed E-state index contributed by atoms with van der Waals surface area (Å²) < 4.78 is 10.0. The highest BCUT2D eigenvalue weighted by Gasteiger charge is 2.15. The molecule has 0 aliphatic carbocycles. The molecule has 27 heavy (non-hydrogen) atoms. The molecule has 0 saturated carbocycles. The van der Waals surface area contributed by atoms with Gasteiger partial charge in [0.1, 0.15) is 0 Å². The third kappa shape index (κ3) is 6.23. The minimum absolute atomic E-state index is 0.218. The van der Waals surface area contributed by atoms with Crippen LogP contribution in [0.3, 0.4) is 0 Å². The Hall–Kier alpha value is -2.64. The Morgan fingerprint density at radius 3 is 2.00 bits per heavy atom. The van der Waals surface area contributed by atoms with Crippen LogP contribution >= 0.6 is 23.8 Å². The van der Waals surface area contributed by atoms with Crippen molar-refractivity contribution in [3.8, 4) is 0 Å². The predicted octanol–water partition coefficient (Wildman–Crippen LogP) is 4.50. The Morgan fingerprint density at radius 2 is 1.48 bits per heavy atom. The van der Waals surface area contributed by atoms with Gasteiger partial charge in [0, 0.05) is 16.4 Å². The number of thiocarbonyl (C=S) groups is 1. The summed E-state index contributed by atoms with van der Waals surface area (Å²) in [6.07, 6.45) is 0. The molecule has 0 spiro atoms. The summed E-state index contributed by atoms with van der Waals surface area (Å²) in [5.74, 6) is -1.08. The van der Waals surface area contributed by atoms with E-state index in [4.69, 9.17) is 33.3 Å².